The third-order valence-corrected chi connectivity index (χ3v) is 7.99. The first-order valence-electron chi connectivity index (χ1n) is 11.5. The summed E-state index contributed by atoms with van der Waals surface area (Å²) in [5, 5.41) is 9.77. The van der Waals surface area contributed by atoms with E-state index in [1.807, 2.05) is 14.0 Å². The lowest BCUT2D eigenvalue weighted by Crippen LogP contribution is -2.49. The van der Waals surface area contributed by atoms with Crippen LogP contribution in [0.2, 0.25) is 0 Å². The molecule has 2 aromatic carbocycles. The number of halogens is 1. The third-order valence-electron chi connectivity index (χ3n) is 5.97. The predicted molar refractivity (Wildman–Crippen MR) is 132 cm³/mol. The Morgan fingerprint density at radius 1 is 1.29 bits per heavy atom. The van der Waals surface area contributed by atoms with Gasteiger partial charge in [0.25, 0.3) is 0 Å². The molecule has 2 aromatic rings. The minimum atomic E-state index is -3.91. The number of benzene rings is 2. The number of sulfonamides is 1. The molecule has 190 valence electrons. The lowest BCUT2D eigenvalue weighted by Gasteiger charge is -2.37. The molecule has 0 aromatic heterocycles. The van der Waals surface area contributed by atoms with Crippen molar-refractivity contribution in [3.8, 4) is 17.6 Å². The van der Waals surface area contributed by atoms with Crippen molar-refractivity contribution in [1.82, 2.24) is 9.21 Å². The SMILES string of the molecule is COCC#Cc1ccc2c(c1)O[C@H](CN(C)Cc1ccc(F)cc1)[C@H](C)CN([C@@H](C)CO)S2(=O)=O. The number of ether oxygens (including phenoxy) is 2. The molecular formula is C26H33FN2O5S. The Kier molecular flexibility index (Phi) is 9.27. The zero-order valence-corrected chi connectivity index (χ0v) is 21.4. The summed E-state index contributed by atoms with van der Waals surface area (Å²) < 4.78 is 53.0. The first-order valence-corrected chi connectivity index (χ1v) is 12.9. The van der Waals surface area contributed by atoms with Crippen molar-refractivity contribution in [2.24, 2.45) is 5.92 Å². The Balaban J connectivity index is 1.95. The number of fused-ring (bicyclic) bond motifs is 1. The first kappa shape index (κ1) is 27.1. The molecule has 0 saturated carbocycles. The standard InChI is InChI=1S/C26H33FN2O5S/c1-19-15-29(20(2)18-30)35(31,32)26-12-9-21(6-5-13-33-4)14-24(26)34-25(19)17-28(3)16-22-7-10-23(27)11-8-22/h7-12,14,19-20,25,30H,13,15-18H2,1-4H3/t19-,20+,25-/m1/s1. The maximum Gasteiger partial charge on any atom is 0.247 e. The smallest absolute Gasteiger partial charge is 0.247 e. The summed E-state index contributed by atoms with van der Waals surface area (Å²) in [7, 11) is -0.414. The Morgan fingerprint density at radius 3 is 2.66 bits per heavy atom. The van der Waals surface area contributed by atoms with Crippen LogP contribution in [0.15, 0.2) is 47.4 Å². The Morgan fingerprint density at radius 2 is 2.00 bits per heavy atom. The highest BCUT2D eigenvalue weighted by Gasteiger charge is 2.38. The Hall–Kier alpha value is -2.48. The lowest BCUT2D eigenvalue weighted by atomic mass is 10.0. The number of aliphatic hydroxyl groups is 1. The van der Waals surface area contributed by atoms with E-state index in [9.17, 15) is 17.9 Å². The number of hydrogen-bond acceptors (Lipinski definition) is 6. The Bertz CT molecular complexity index is 1160. The van der Waals surface area contributed by atoms with E-state index in [1.54, 1.807) is 38.3 Å². The minimum absolute atomic E-state index is 0.0492. The number of likely N-dealkylation sites (N-methyl/N-ethyl adjacent to an activating group) is 1. The van der Waals surface area contributed by atoms with Crippen molar-refractivity contribution in [2.75, 3.05) is 40.5 Å². The molecule has 1 heterocycles. The van der Waals surface area contributed by atoms with E-state index in [4.69, 9.17) is 9.47 Å². The molecule has 3 atom stereocenters. The van der Waals surface area contributed by atoms with Gasteiger partial charge in [0, 0.05) is 44.3 Å². The van der Waals surface area contributed by atoms with Crippen molar-refractivity contribution in [3.05, 3.63) is 59.4 Å². The fourth-order valence-electron chi connectivity index (χ4n) is 4.00. The molecule has 1 N–H and O–H groups in total. The van der Waals surface area contributed by atoms with Crippen LogP contribution >= 0.6 is 0 Å². The van der Waals surface area contributed by atoms with Crippen LogP contribution in [0.3, 0.4) is 0 Å². The van der Waals surface area contributed by atoms with E-state index in [1.165, 1.54) is 22.5 Å². The van der Waals surface area contributed by atoms with Crippen LogP contribution in [0.4, 0.5) is 4.39 Å². The summed E-state index contributed by atoms with van der Waals surface area (Å²) in [4.78, 5) is 2.11. The van der Waals surface area contributed by atoms with Crippen LogP contribution in [0.1, 0.15) is 25.0 Å². The zero-order valence-electron chi connectivity index (χ0n) is 20.6. The fourth-order valence-corrected chi connectivity index (χ4v) is 5.83. The quantitative estimate of drug-likeness (QED) is 0.585. The second-order valence-corrected chi connectivity index (χ2v) is 10.8. The number of methoxy groups -OCH3 is 1. The topological polar surface area (TPSA) is 79.3 Å². The van der Waals surface area contributed by atoms with Gasteiger partial charge in [-0.05, 0) is 49.9 Å². The van der Waals surface area contributed by atoms with Crippen LogP contribution < -0.4 is 4.74 Å². The van der Waals surface area contributed by atoms with Gasteiger partial charge in [0.15, 0.2) is 0 Å². The normalized spacial score (nSPS) is 20.7. The second-order valence-electron chi connectivity index (χ2n) is 8.96. The summed E-state index contributed by atoms with van der Waals surface area (Å²) >= 11 is 0. The van der Waals surface area contributed by atoms with Gasteiger partial charge in [0.2, 0.25) is 10.0 Å². The molecule has 7 nitrogen and oxygen atoms in total. The van der Waals surface area contributed by atoms with Gasteiger partial charge >= 0.3 is 0 Å². The molecule has 0 bridgehead atoms. The average Bonchev–Trinajstić information content (AvgIpc) is 2.82. The second kappa shape index (κ2) is 12.0. The molecule has 35 heavy (non-hydrogen) atoms. The summed E-state index contributed by atoms with van der Waals surface area (Å²) in [5.41, 5.74) is 1.58. The van der Waals surface area contributed by atoms with Crippen LogP contribution in [0, 0.1) is 23.6 Å². The highest BCUT2D eigenvalue weighted by Crippen LogP contribution is 2.34. The van der Waals surface area contributed by atoms with Crippen molar-refractivity contribution in [2.45, 2.75) is 37.4 Å². The molecule has 0 radical (unpaired) electrons. The molecule has 3 rings (SSSR count). The van der Waals surface area contributed by atoms with Gasteiger partial charge < -0.3 is 14.6 Å². The van der Waals surface area contributed by atoms with Crippen LogP contribution in [0.25, 0.3) is 0 Å². The summed E-state index contributed by atoms with van der Waals surface area (Å²) in [6, 6.07) is 10.5. The van der Waals surface area contributed by atoms with Gasteiger partial charge in [0.05, 0.1) is 6.61 Å². The molecule has 0 aliphatic carbocycles. The summed E-state index contributed by atoms with van der Waals surface area (Å²) in [5.74, 6) is 5.61. The fraction of sp³-hybridized carbons (Fsp3) is 0.462. The van der Waals surface area contributed by atoms with Crippen LogP contribution in [-0.2, 0) is 21.3 Å². The summed E-state index contributed by atoms with van der Waals surface area (Å²) in [6.07, 6.45) is -0.342. The van der Waals surface area contributed by atoms with E-state index in [0.29, 0.717) is 18.7 Å². The molecule has 0 saturated heterocycles. The van der Waals surface area contributed by atoms with Gasteiger partial charge in [-0.2, -0.15) is 4.31 Å². The van der Waals surface area contributed by atoms with Crippen LogP contribution in [-0.4, -0.2) is 75.3 Å². The van der Waals surface area contributed by atoms with Gasteiger partial charge in [-0.25, -0.2) is 12.8 Å². The van der Waals surface area contributed by atoms with Crippen molar-refractivity contribution in [3.63, 3.8) is 0 Å². The highest BCUT2D eigenvalue weighted by atomic mass is 32.2. The number of hydrogen-bond donors (Lipinski definition) is 1. The molecule has 0 spiro atoms. The van der Waals surface area contributed by atoms with E-state index in [2.05, 4.69) is 16.7 Å². The number of aliphatic hydroxyl groups excluding tert-OH is 1. The zero-order chi connectivity index (χ0) is 25.6. The summed E-state index contributed by atoms with van der Waals surface area (Å²) in [6.45, 7) is 4.89. The number of rotatable bonds is 7. The van der Waals surface area contributed by atoms with E-state index in [0.717, 1.165) is 5.56 Å². The number of nitrogens with zero attached hydrogens (tertiary/aromatic N) is 2. The lowest BCUT2D eigenvalue weighted by molar-refractivity contribution is 0.0733. The van der Waals surface area contributed by atoms with Crippen molar-refractivity contribution < 1.29 is 27.4 Å². The van der Waals surface area contributed by atoms with Crippen LogP contribution in [0.5, 0.6) is 5.75 Å². The molecule has 1 aliphatic heterocycles. The molecule has 9 heteroatoms. The molecule has 0 unspecified atom stereocenters. The van der Waals surface area contributed by atoms with Crippen molar-refractivity contribution >= 4 is 10.0 Å². The first-order chi connectivity index (χ1) is 16.6. The van der Waals surface area contributed by atoms with Gasteiger partial charge in [-0.3, -0.25) is 4.90 Å². The van der Waals surface area contributed by atoms with E-state index in [-0.39, 0.29) is 48.2 Å². The van der Waals surface area contributed by atoms with Gasteiger partial charge in [0.1, 0.15) is 29.2 Å². The highest BCUT2D eigenvalue weighted by molar-refractivity contribution is 7.89. The van der Waals surface area contributed by atoms with E-state index < -0.39 is 16.1 Å². The van der Waals surface area contributed by atoms with Gasteiger partial charge in [-0.15, -0.1) is 0 Å². The van der Waals surface area contributed by atoms with Crippen molar-refractivity contribution in [1.29, 1.82) is 0 Å². The molecule has 0 fully saturated rings. The minimum Gasteiger partial charge on any atom is -0.487 e. The Labute approximate surface area is 207 Å². The molecular weight excluding hydrogens is 471 g/mol. The maximum atomic E-state index is 13.5. The molecule has 0 amide bonds. The van der Waals surface area contributed by atoms with Gasteiger partial charge in [-0.1, -0.05) is 30.9 Å². The molecule has 1 aliphatic rings. The largest absolute Gasteiger partial charge is 0.487 e. The average molecular weight is 505 g/mol. The predicted octanol–water partition coefficient (Wildman–Crippen LogP) is 2.72. The van der Waals surface area contributed by atoms with E-state index >= 15 is 0 Å². The monoisotopic (exact) mass is 504 g/mol. The third kappa shape index (κ3) is 6.81. The maximum absolute atomic E-state index is 13.5.